The molecule has 3 N–H and O–H groups in total. The maximum Gasteiger partial charge on any atom is 0.123 e. The predicted molar refractivity (Wildman–Crippen MR) is 84.1 cm³/mol. The zero-order valence-corrected chi connectivity index (χ0v) is 12.8. The Kier molecular flexibility index (Phi) is 4.90. The molecule has 2 aromatic rings. The van der Waals surface area contributed by atoms with Gasteiger partial charge in [0.1, 0.15) is 5.82 Å². The molecule has 0 aliphatic heterocycles. The van der Waals surface area contributed by atoms with Gasteiger partial charge in [0, 0.05) is 3.57 Å². The lowest BCUT2D eigenvalue weighted by Crippen LogP contribution is -2.30. The van der Waals surface area contributed by atoms with Gasteiger partial charge in [0.25, 0.3) is 0 Å². The van der Waals surface area contributed by atoms with E-state index in [9.17, 15) is 4.39 Å². The Bertz CT molecular complexity index is 572. The SMILES string of the molecule is Cc1cc(F)ccc1CC(NN)c1ccccc1I. The van der Waals surface area contributed by atoms with Gasteiger partial charge in [0.05, 0.1) is 6.04 Å². The molecular weight excluding hydrogens is 354 g/mol. The van der Waals surface area contributed by atoms with Gasteiger partial charge >= 0.3 is 0 Å². The van der Waals surface area contributed by atoms with Crippen LogP contribution in [0, 0.1) is 16.3 Å². The van der Waals surface area contributed by atoms with Crippen LogP contribution < -0.4 is 11.3 Å². The average molecular weight is 370 g/mol. The van der Waals surface area contributed by atoms with Crippen molar-refractivity contribution in [2.75, 3.05) is 0 Å². The summed E-state index contributed by atoms with van der Waals surface area (Å²) in [6, 6.07) is 13.0. The van der Waals surface area contributed by atoms with E-state index in [1.165, 1.54) is 9.64 Å². The molecule has 0 spiro atoms. The first kappa shape index (κ1) is 14.4. The molecular formula is C15H16FIN2. The van der Waals surface area contributed by atoms with E-state index in [0.717, 1.165) is 23.1 Å². The molecule has 0 bridgehead atoms. The zero-order valence-electron chi connectivity index (χ0n) is 10.7. The van der Waals surface area contributed by atoms with Crippen LogP contribution in [0.15, 0.2) is 42.5 Å². The zero-order chi connectivity index (χ0) is 13.8. The summed E-state index contributed by atoms with van der Waals surface area (Å²) in [6.07, 6.45) is 0.739. The molecule has 4 heteroatoms. The van der Waals surface area contributed by atoms with E-state index >= 15 is 0 Å². The minimum absolute atomic E-state index is 0.0252. The number of aryl methyl sites for hydroxylation is 1. The van der Waals surface area contributed by atoms with E-state index in [1.54, 1.807) is 6.07 Å². The second kappa shape index (κ2) is 6.45. The van der Waals surface area contributed by atoms with Crippen molar-refractivity contribution in [1.82, 2.24) is 5.43 Å². The molecule has 0 amide bonds. The molecule has 0 aromatic heterocycles. The van der Waals surface area contributed by atoms with Crippen LogP contribution in [0.3, 0.4) is 0 Å². The highest BCUT2D eigenvalue weighted by molar-refractivity contribution is 14.1. The Hall–Kier alpha value is -0.980. The van der Waals surface area contributed by atoms with Crippen LogP contribution in [0.5, 0.6) is 0 Å². The Labute approximate surface area is 126 Å². The maximum absolute atomic E-state index is 13.1. The van der Waals surface area contributed by atoms with Crippen LogP contribution in [-0.2, 0) is 6.42 Å². The molecule has 1 unspecified atom stereocenters. The number of nitrogens with one attached hydrogen (secondary N) is 1. The summed E-state index contributed by atoms with van der Waals surface area (Å²) < 4.78 is 14.3. The van der Waals surface area contributed by atoms with Gasteiger partial charge in [-0.25, -0.2) is 4.39 Å². The molecule has 0 aliphatic rings. The summed E-state index contributed by atoms with van der Waals surface area (Å²) >= 11 is 2.30. The maximum atomic E-state index is 13.1. The lowest BCUT2D eigenvalue weighted by atomic mass is 9.96. The van der Waals surface area contributed by atoms with Crippen molar-refractivity contribution in [1.29, 1.82) is 0 Å². The van der Waals surface area contributed by atoms with E-state index in [2.05, 4.69) is 40.1 Å². The third-order valence-corrected chi connectivity index (χ3v) is 4.19. The third-order valence-electron chi connectivity index (χ3n) is 3.21. The molecule has 0 saturated carbocycles. The minimum atomic E-state index is -0.201. The standard InChI is InChI=1S/C15H16FIN2/c1-10-8-12(16)7-6-11(10)9-15(19-18)13-4-2-3-5-14(13)17/h2-8,15,19H,9,18H2,1H3. The van der Waals surface area contributed by atoms with Gasteiger partial charge in [0.15, 0.2) is 0 Å². The molecule has 1 atom stereocenters. The molecule has 2 aromatic carbocycles. The molecule has 2 nitrogen and oxygen atoms in total. The van der Waals surface area contributed by atoms with Crippen molar-refractivity contribution < 1.29 is 4.39 Å². The van der Waals surface area contributed by atoms with Gasteiger partial charge in [0.2, 0.25) is 0 Å². The van der Waals surface area contributed by atoms with Gasteiger partial charge in [-0.1, -0.05) is 24.3 Å². The fraction of sp³-hybridized carbons (Fsp3) is 0.200. The van der Waals surface area contributed by atoms with Gasteiger partial charge in [-0.3, -0.25) is 11.3 Å². The lowest BCUT2D eigenvalue weighted by Gasteiger charge is -2.19. The van der Waals surface area contributed by atoms with E-state index < -0.39 is 0 Å². The summed E-state index contributed by atoms with van der Waals surface area (Å²) in [4.78, 5) is 0. The second-order valence-electron chi connectivity index (χ2n) is 4.52. The highest BCUT2D eigenvalue weighted by atomic mass is 127. The van der Waals surface area contributed by atoms with Crippen molar-refractivity contribution in [3.05, 3.63) is 68.5 Å². The Morgan fingerprint density at radius 2 is 2.00 bits per heavy atom. The van der Waals surface area contributed by atoms with E-state index in [1.807, 2.05) is 25.1 Å². The molecule has 100 valence electrons. The third kappa shape index (κ3) is 3.52. The quantitative estimate of drug-likeness (QED) is 0.491. The first-order valence-corrected chi connectivity index (χ1v) is 7.15. The van der Waals surface area contributed by atoms with Gasteiger partial charge in [-0.2, -0.15) is 0 Å². The van der Waals surface area contributed by atoms with E-state index in [4.69, 9.17) is 5.84 Å². The van der Waals surface area contributed by atoms with E-state index in [-0.39, 0.29) is 11.9 Å². The smallest absolute Gasteiger partial charge is 0.123 e. The number of rotatable bonds is 4. The highest BCUT2D eigenvalue weighted by Gasteiger charge is 2.14. The summed E-state index contributed by atoms with van der Waals surface area (Å²) in [7, 11) is 0. The largest absolute Gasteiger partial charge is 0.271 e. The van der Waals surface area contributed by atoms with Gasteiger partial charge in [-0.05, 0) is 70.8 Å². The lowest BCUT2D eigenvalue weighted by molar-refractivity contribution is 0.547. The fourth-order valence-corrected chi connectivity index (χ4v) is 2.89. The topological polar surface area (TPSA) is 38.0 Å². The molecule has 0 radical (unpaired) electrons. The second-order valence-corrected chi connectivity index (χ2v) is 5.68. The van der Waals surface area contributed by atoms with Gasteiger partial charge in [-0.15, -0.1) is 0 Å². The number of hydrazine groups is 1. The van der Waals surface area contributed by atoms with Gasteiger partial charge < -0.3 is 0 Å². The molecule has 2 rings (SSSR count). The first-order valence-electron chi connectivity index (χ1n) is 6.07. The number of benzene rings is 2. The summed E-state index contributed by atoms with van der Waals surface area (Å²) in [5.74, 6) is 5.47. The minimum Gasteiger partial charge on any atom is -0.271 e. The van der Waals surface area contributed by atoms with E-state index in [0.29, 0.717) is 0 Å². The normalized spacial score (nSPS) is 12.4. The number of nitrogens with two attached hydrogens (primary N) is 1. The van der Waals surface area contributed by atoms with Crippen LogP contribution in [0.25, 0.3) is 0 Å². The van der Waals surface area contributed by atoms with Crippen molar-refractivity contribution in [3.63, 3.8) is 0 Å². The molecule has 0 fully saturated rings. The van der Waals surface area contributed by atoms with Crippen LogP contribution in [0.1, 0.15) is 22.7 Å². The van der Waals surface area contributed by atoms with Crippen LogP contribution >= 0.6 is 22.6 Å². The van der Waals surface area contributed by atoms with Crippen molar-refractivity contribution in [2.24, 2.45) is 5.84 Å². The van der Waals surface area contributed by atoms with Crippen LogP contribution in [0.2, 0.25) is 0 Å². The highest BCUT2D eigenvalue weighted by Crippen LogP contribution is 2.24. The predicted octanol–water partition coefficient (Wildman–Crippen LogP) is 3.49. The summed E-state index contributed by atoms with van der Waals surface area (Å²) in [5.41, 5.74) is 6.06. The van der Waals surface area contributed by atoms with Crippen molar-refractivity contribution in [3.8, 4) is 0 Å². The summed E-state index contributed by atoms with van der Waals surface area (Å²) in [6.45, 7) is 1.92. The summed E-state index contributed by atoms with van der Waals surface area (Å²) in [5, 5.41) is 0. The number of hydrogen-bond acceptors (Lipinski definition) is 2. The van der Waals surface area contributed by atoms with Crippen LogP contribution in [-0.4, -0.2) is 0 Å². The van der Waals surface area contributed by atoms with Crippen molar-refractivity contribution in [2.45, 2.75) is 19.4 Å². The Balaban J connectivity index is 2.27. The van der Waals surface area contributed by atoms with Crippen molar-refractivity contribution >= 4 is 22.6 Å². The monoisotopic (exact) mass is 370 g/mol. The number of halogens is 2. The first-order chi connectivity index (χ1) is 9.11. The molecule has 19 heavy (non-hydrogen) atoms. The Morgan fingerprint density at radius 3 is 2.63 bits per heavy atom. The Morgan fingerprint density at radius 1 is 1.26 bits per heavy atom. The fourth-order valence-electron chi connectivity index (χ4n) is 2.12. The molecule has 0 heterocycles. The number of hydrogen-bond donors (Lipinski definition) is 2. The van der Waals surface area contributed by atoms with Crippen LogP contribution in [0.4, 0.5) is 4.39 Å². The molecule has 0 aliphatic carbocycles. The average Bonchev–Trinajstić information content (AvgIpc) is 2.39. The molecule has 0 saturated heterocycles.